The molecule has 0 aromatic heterocycles. The maximum Gasteiger partial charge on any atom is 0.416 e. The molecule has 0 unspecified atom stereocenters. The van der Waals surface area contributed by atoms with E-state index >= 15 is 0 Å². The summed E-state index contributed by atoms with van der Waals surface area (Å²) in [6.07, 6.45) is -3.08. The number of carbonyl (C=O) groups is 4. The van der Waals surface area contributed by atoms with E-state index in [0.717, 1.165) is 39.3 Å². The molecule has 288 valence electrons. The van der Waals surface area contributed by atoms with Crippen LogP contribution in [0.5, 0.6) is 11.5 Å². The van der Waals surface area contributed by atoms with Crippen molar-refractivity contribution in [2.45, 2.75) is 88.6 Å². The number of Topliss-reactive ketones (excluding diaryl/α,β-unsaturated/α-hetero) is 2. The highest BCUT2D eigenvalue weighted by Crippen LogP contribution is 2.34. The zero-order chi connectivity index (χ0) is 40.6. The van der Waals surface area contributed by atoms with Crippen molar-refractivity contribution in [2.75, 3.05) is 0 Å². The molecule has 4 aromatic rings. The van der Waals surface area contributed by atoms with Crippen LogP contribution in [-0.4, -0.2) is 49.2 Å². The van der Waals surface area contributed by atoms with Crippen LogP contribution in [0.2, 0.25) is 5.02 Å². The van der Waals surface area contributed by atoms with Gasteiger partial charge in [0.15, 0.2) is 17.2 Å². The lowest BCUT2D eigenvalue weighted by Crippen LogP contribution is -2.38. The van der Waals surface area contributed by atoms with E-state index in [0.29, 0.717) is 23.6 Å². The number of halogens is 4. The molecule has 54 heavy (non-hydrogen) atoms. The zero-order valence-electron chi connectivity index (χ0n) is 30.6. The fraction of sp³-hybridized carbons (Fsp3) is 0.317. The van der Waals surface area contributed by atoms with Gasteiger partial charge in [0.2, 0.25) is 0 Å². The van der Waals surface area contributed by atoms with E-state index in [1.807, 2.05) is 36.4 Å². The Morgan fingerprint density at radius 1 is 0.722 bits per heavy atom. The minimum Gasteiger partial charge on any atom is -0.507 e. The first-order valence-electron chi connectivity index (χ1n) is 16.8. The number of aromatic hydroxyl groups is 1. The number of rotatable bonds is 14. The minimum absolute atomic E-state index is 0.111. The third-order valence-electron chi connectivity index (χ3n) is 8.28. The first kappa shape index (κ1) is 43.6. The molecule has 0 saturated carbocycles. The summed E-state index contributed by atoms with van der Waals surface area (Å²) in [7, 11) is 0. The van der Waals surface area contributed by atoms with Crippen LogP contribution in [0, 0.1) is 13.8 Å². The summed E-state index contributed by atoms with van der Waals surface area (Å²) < 4.78 is 42.6. The van der Waals surface area contributed by atoms with Crippen molar-refractivity contribution >= 4 is 46.9 Å². The zero-order valence-corrected chi connectivity index (χ0v) is 32.2. The second-order valence-corrected chi connectivity index (χ2v) is 15.8. The van der Waals surface area contributed by atoms with Gasteiger partial charge in [-0.05, 0) is 119 Å². The molecule has 4 rings (SSSR count). The van der Waals surface area contributed by atoms with E-state index < -0.39 is 34.0 Å². The Balaban J connectivity index is 0.000000294. The summed E-state index contributed by atoms with van der Waals surface area (Å²) in [5, 5.41) is 28.6. The highest BCUT2D eigenvalue weighted by atomic mass is 35.5. The summed E-state index contributed by atoms with van der Waals surface area (Å²) in [5.41, 5.74) is 1.65. The molecule has 0 fully saturated rings. The molecule has 3 N–H and O–H groups in total. The molecule has 0 amide bonds. The third-order valence-corrected chi connectivity index (χ3v) is 9.71. The lowest BCUT2D eigenvalue weighted by Gasteiger charge is -2.24. The molecule has 0 spiro atoms. The number of benzene rings is 4. The van der Waals surface area contributed by atoms with Gasteiger partial charge in [0.25, 0.3) is 0 Å². The van der Waals surface area contributed by atoms with Crippen LogP contribution < -0.4 is 4.74 Å². The summed E-state index contributed by atoms with van der Waals surface area (Å²) >= 11 is 7.04. The Hall–Kier alpha value is -4.81. The number of phenolic OH excluding ortho intramolecular Hbond substituents is 1. The molecule has 8 nitrogen and oxygen atoms in total. The van der Waals surface area contributed by atoms with E-state index in [2.05, 4.69) is 0 Å². The molecule has 0 aliphatic carbocycles. The normalized spacial score (nSPS) is 11.7. The summed E-state index contributed by atoms with van der Waals surface area (Å²) in [5.74, 6) is -1.98. The first-order chi connectivity index (χ1) is 25.0. The Kier molecular flexibility index (Phi) is 14.5. The fourth-order valence-electron chi connectivity index (χ4n) is 5.09. The molecular formula is C41H42ClF3O8S. The van der Waals surface area contributed by atoms with Gasteiger partial charge in [0.1, 0.15) is 16.2 Å². The van der Waals surface area contributed by atoms with Crippen molar-refractivity contribution in [3.8, 4) is 11.5 Å². The lowest BCUT2D eigenvalue weighted by molar-refractivity contribution is -0.152. The summed E-state index contributed by atoms with van der Waals surface area (Å²) in [6.45, 7) is 9.83. The number of thioether (sulfide) groups is 1. The number of ether oxygens (including phenoxy) is 1. The molecular weight excluding hydrogens is 745 g/mol. The first-order valence-corrected chi connectivity index (χ1v) is 18.0. The van der Waals surface area contributed by atoms with Crippen molar-refractivity contribution < 1.29 is 52.4 Å². The van der Waals surface area contributed by atoms with E-state index in [9.17, 15) is 42.6 Å². The van der Waals surface area contributed by atoms with Gasteiger partial charge in [0, 0.05) is 28.3 Å². The number of aryl methyl sites for hydroxylation is 4. The predicted octanol–water partition coefficient (Wildman–Crippen LogP) is 10.2. The number of hydrogen-bond donors (Lipinski definition) is 3. The predicted molar refractivity (Wildman–Crippen MR) is 202 cm³/mol. The van der Waals surface area contributed by atoms with Gasteiger partial charge in [-0.25, -0.2) is 4.79 Å². The van der Waals surface area contributed by atoms with E-state index in [1.54, 1.807) is 33.8 Å². The average molecular weight is 787 g/mol. The Bertz CT molecular complexity index is 1970. The second kappa shape index (κ2) is 18.0. The Labute approximate surface area is 321 Å². The van der Waals surface area contributed by atoms with Crippen LogP contribution in [0.15, 0.2) is 83.8 Å². The molecule has 13 heteroatoms. The minimum atomic E-state index is -4.43. The van der Waals surface area contributed by atoms with Crippen LogP contribution >= 0.6 is 23.4 Å². The van der Waals surface area contributed by atoms with Crippen LogP contribution in [0.4, 0.5) is 13.2 Å². The highest BCUT2D eigenvalue weighted by molar-refractivity contribution is 8.01. The monoisotopic (exact) mass is 786 g/mol. The van der Waals surface area contributed by atoms with E-state index in [4.69, 9.17) is 21.4 Å². The van der Waals surface area contributed by atoms with Crippen molar-refractivity contribution in [3.63, 3.8) is 0 Å². The van der Waals surface area contributed by atoms with Gasteiger partial charge in [-0.3, -0.25) is 14.4 Å². The fourth-order valence-corrected chi connectivity index (χ4v) is 6.20. The quantitative estimate of drug-likeness (QED) is 0.0842. The lowest BCUT2D eigenvalue weighted by atomic mass is 9.98. The molecule has 0 heterocycles. The number of carbonyl (C=O) groups excluding carboxylic acids is 2. The number of alkyl halides is 3. The van der Waals surface area contributed by atoms with Gasteiger partial charge < -0.3 is 20.1 Å². The maximum atomic E-state index is 12.6. The maximum absolute atomic E-state index is 12.6. The molecule has 0 bridgehead atoms. The van der Waals surface area contributed by atoms with Crippen LogP contribution in [0.25, 0.3) is 0 Å². The number of phenols is 1. The van der Waals surface area contributed by atoms with Gasteiger partial charge in [-0.15, -0.1) is 11.8 Å². The van der Waals surface area contributed by atoms with Crippen LogP contribution in [-0.2, 0) is 28.6 Å². The standard InChI is InChI=1S/C22H23F3O4.C19H19ClO4S/c1-13-11-15(12-14(2)19(13)29-21(3,4)20(27)28)5-10-18(26)16-6-8-17(9-7-16)22(23,24)25;1-19(2,18(23)24)25-14-7-3-12(4-8-14)5-10-16(21)15-9-6-13(20)11-17(15)22/h6-9,11-12H,5,10H2,1-4H3,(H,27,28);3-4,6-9,11,22H,5,10H2,1-2H3,(H,23,24). The van der Waals surface area contributed by atoms with Crippen molar-refractivity contribution in [1.82, 2.24) is 0 Å². The van der Waals surface area contributed by atoms with Gasteiger partial charge >= 0.3 is 18.1 Å². The third kappa shape index (κ3) is 12.4. The number of hydrogen-bond acceptors (Lipinski definition) is 7. The summed E-state index contributed by atoms with van der Waals surface area (Å²) in [4.78, 5) is 47.8. The van der Waals surface area contributed by atoms with E-state index in [-0.39, 0.29) is 41.3 Å². The molecule has 0 saturated heterocycles. The van der Waals surface area contributed by atoms with Crippen LogP contribution in [0.3, 0.4) is 0 Å². The van der Waals surface area contributed by atoms with Crippen LogP contribution in [0.1, 0.15) is 89.1 Å². The van der Waals surface area contributed by atoms with E-state index in [1.165, 1.54) is 49.9 Å². The molecule has 4 aromatic carbocycles. The second-order valence-electron chi connectivity index (χ2n) is 13.6. The summed E-state index contributed by atoms with van der Waals surface area (Å²) in [6, 6.07) is 19.7. The van der Waals surface area contributed by atoms with Gasteiger partial charge in [-0.2, -0.15) is 13.2 Å². The number of carboxylic acids is 2. The molecule has 0 radical (unpaired) electrons. The molecule has 0 aliphatic heterocycles. The number of carboxylic acid groups (broad SMARTS) is 2. The topological polar surface area (TPSA) is 138 Å². The van der Waals surface area contributed by atoms with Crippen molar-refractivity contribution in [1.29, 1.82) is 0 Å². The largest absolute Gasteiger partial charge is 0.507 e. The Morgan fingerprint density at radius 2 is 1.26 bits per heavy atom. The highest BCUT2D eigenvalue weighted by Gasteiger charge is 2.32. The number of ketones is 2. The van der Waals surface area contributed by atoms with Crippen molar-refractivity contribution in [2.24, 2.45) is 0 Å². The van der Waals surface area contributed by atoms with Crippen molar-refractivity contribution in [3.05, 3.63) is 123 Å². The molecule has 0 aliphatic rings. The average Bonchev–Trinajstić information content (AvgIpc) is 3.08. The number of aliphatic carboxylic acids is 2. The SMILES string of the molecule is CC(C)(Sc1ccc(CCC(=O)c2ccc(Cl)cc2O)cc1)C(=O)O.Cc1cc(CCC(=O)c2ccc(C(F)(F)F)cc2)cc(C)c1OC(C)(C)C(=O)O. The Morgan fingerprint density at radius 3 is 1.76 bits per heavy atom. The van der Waals surface area contributed by atoms with Gasteiger partial charge in [-0.1, -0.05) is 48.0 Å². The van der Waals surface area contributed by atoms with Gasteiger partial charge in [0.05, 0.1) is 11.1 Å². The smallest absolute Gasteiger partial charge is 0.416 e. The molecule has 0 atom stereocenters.